The van der Waals surface area contributed by atoms with Crippen LogP contribution in [0.25, 0.3) is 10.2 Å². The lowest BCUT2D eigenvalue weighted by molar-refractivity contribution is -0.132. The number of rotatable bonds is 5. The summed E-state index contributed by atoms with van der Waals surface area (Å²) in [6.45, 7) is 1.49. The highest BCUT2D eigenvalue weighted by atomic mass is 32.2. The average Bonchev–Trinajstić information content (AvgIpc) is 3.16. The molecule has 28 heavy (non-hydrogen) atoms. The molecule has 4 rings (SSSR count). The van der Waals surface area contributed by atoms with E-state index >= 15 is 0 Å². The molecule has 0 aliphatic carbocycles. The van der Waals surface area contributed by atoms with Gasteiger partial charge in [0.25, 0.3) is 0 Å². The quantitative estimate of drug-likeness (QED) is 0.642. The molecule has 1 aromatic heterocycles. The summed E-state index contributed by atoms with van der Waals surface area (Å²) in [5.74, 6) is 0.0519. The van der Waals surface area contributed by atoms with Crippen LogP contribution < -0.4 is 0 Å². The number of thiazole rings is 1. The normalized spacial score (nSPS) is 15.8. The number of piperazine rings is 1. The Morgan fingerprint density at radius 1 is 0.964 bits per heavy atom. The molecule has 1 saturated heterocycles. The van der Waals surface area contributed by atoms with E-state index in [2.05, 4.69) is 4.98 Å². The topological polar surface area (TPSA) is 70.6 Å². The summed E-state index contributed by atoms with van der Waals surface area (Å²) in [5, 5.41) is 0.958. The van der Waals surface area contributed by atoms with Crippen LogP contribution in [0.4, 0.5) is 0 Å². The van der Waals surface area contributed by atoms with Crippen molar-refractivity contribution in [2.45, 2.75) is 17.7 Å². The van der Waals surface area contributed by atoms with Gasteiger partial charge in [-0.05, 0) is 24.3 Å². The van der Waals surface area contributed by atoms with Gasteiger partial charge in [0.15, 0.2) is 0 Å². The first-order chi connectivity index (χ1) is 13.5. The predicted molar refractivity (Wildman–Crippen MR) is 110 cm³/mol. The van der Waals surface area contributed by atoms with E-state index in [9.17, 15) is 13.2 Å². The predicted octanol–water partition coefficient (Wildman–Crippen LogP) is 2.76. The SMILES string of the molecule is O=C(CCc1nc2ccccc2s1)N1CCN(S(=O)(=O)c2ccccc2)CC1. The van der Waals surface area contributed by atoms with Crippen LogP contribution in [-0.4, -0.2) is 54.7 Å². The number of hydrogen-bond donors (Lipinski definition) is 0. The van der Waals surface area contributed by atoms with E-state index in [1.807, 2.05) is 24.3 Å². The lowest BCUT2D eigenvalue weighted by atomic mass is 10.2. The average molecular weight is 416 g/mol. The van der Waals surface area contributed by atoms with Gasteiger partial charge in [0.05, 0.1) is 20.1 Å². The zero-order chi connectivity index (χ0) is 19.6. The van der Waals surface area contributed by atoms with E-state index in [4.69, 9.17) is 0 Å². The number of carbonyl (C=O) groups is 1. The van der Waals surface area contributed by atoms with Crippen LogP contribution in [0.1, 0.15) is 11.4 Å². The van der Waals surface area contributed by atoms with Crippen LogP contribution >= 0.6 is 11.3 Å². The lowest BCUT2D eigenvalue weighted by Gasteiger charge is -2.34. The molecule has 1 aliphatic rings. The molecule has 2 aromatic carbocycles. The fourth-order valence-electron chi connectivity index (χ4n) is 3.32. The van der Waals surface area contributed by atoms with Gasteiger partial charge in [-0.1, -0.05) is 30.3 Å². The highest BCUT2D eigenvalue weighted by molar-refractivity contribution is 7.89. The van der Waals surface area contributed by atoms with E-state index in [0.29, 0.717) is 43.9 Å². The second-order valence-electron chi connectivity index (χ2n) is 6.67. The Hall–Kier alpha value is -2.29. The van der Waals surface area contributed by atoms with Gasteiger partial charge in [-0.15, -0.1) is 11.3 Å². The fraction of sp³-hybridized carbons (Fsp3) is 0.300. The van der Waals surface area contributed by atoms with E-state index in [1.54, 1.807) is 46.6 Å². The van der Waals surface area contributed by atoms with Crippen LogP contribution in [0.5, 0.6) is 0 Å². The minimum Gasteiger partial charge on any atom is -0.340 e. The van der Waals surface area contributed by atoms with Crippen LogP contribution in [0.15, 0.2) is 59.5 Å². The van der Waals surface area contributed by atoms with Crippen molar-refractivity contribution in [3.05, 3.63) is 59.6 Å². The Kier molecular flexibility index (Phi) is 5.43. The summed E-state index contributed by atoms with van der Waals surface area (Å²) in [6, 6.07) is 16.4. The third-order valence-corrected chi connectivity index (χ3v) is 7.87. The number of carbonyl (C=O) groups excluding carboxylic acids is 1. The molecule has 146 valence electrons. The maximum absolute atomic E-state index is 12.7. The molecule has 1 aliphatic heterocycles. The molecular weight excluding hydrogens is 394 g/mol. The third kappa shape index (κ3) is 3.94. The van der Waals surface area contributed by atoms with Gasteiger partial charge in [-0.25, -0.2) is 13.4 Å². The number of sulfonamides is 1. The van der Waals surface area contributed by atoms with Gasteiger partial charge in [0.1, 0.15) is 0 Å². The standard InChI is InChI=1S/C20H21N3O3S2/c24-20(11-10-19-21-17-8-4-5-9-18(17)27-19)22-12-14-23(15-13-22)28(25,26)16-6-2-1-3-7-16/h1-9H,10-15H2. The molecule has 1 fully saturated rings. The molecule has 0 bridgehead atoms. The Morgan fingerprint density at radius 2 is 1.64 bits per heavy atom. The molecule has 6 nitrogen and oxygen atoms in total. The molecular formula is C20H21N3O3S2. The summed E-state index contributed by atoms with van der Waals surface area (Å²) in [7, 11) is -3.49. The highest BCUT2D eigenvalue weighted by Crippen LogP contribution is 2.23. The van der Waals surface area contributed by atoms with Crippen molar-refractivity contribution in [3.63, 3.8) is 0 Å². The second-order valence-corrected chi connectivity index (χ2v) is 9.73. The molecule has 2 heterocycles. The summed E-state index contributed by atoms with van der Waals surface area (Å²) in [6.07, 6.45) is 1.01. The number of amides is 1. The molecule has 0 saturated carbocycles. The van der Waals surface area contributed by atoms with Gasteiger partial charge in [-0.2, -0.15) is 4.31 Å². The molecule has 0 unspecified atom stereocenters. The van der Waals surface area contributed by atoms with Crippen molar-refractivity contribution in [1.82, 2.24) is 14.2 Å². The third-order valence-electron chi connectivity index (χ3n) is 4.86. The summed E-state index contributed by atoms with van der Waals surface area (Å²) < 4.78 is 27.9. The van der Waals surface area contributed by atoms with E-state index in [1.165, 1.54) is 4.31 Å². The maximum Gasteiger partial charge on any atom is 0.243 e. The van der Waals surface area contributed by atoms with E-state index in [-0.39, 0.29) is 5.91 Å². The zero-order valence-electron chi connectivity index (χ0n) is 15.3. The second kappa shape index (κ2) is 7.98. The fourth-order valence-corrected chi connectivity index (χ4v) is 5.73. The summed E-state index contributed by atoms with van der Waals surface area (Å²) in [4.78, 5) is 19.2. The molecule has 0 spiro atoms. The smallest absolute Gasteiger partial charge is 0.243 e. The first-order valence-electron chi connectivity index (χ1n) is 9.21. The summed E-state index contributed by atoms with van der Waals surface area (Å²) >= 11 is 1.62. The molecule has 0 atom stereocenters. The van der Waals surface area contributed by atoms with Crippen LogP contribution in [0.3, 0.4) is 0 Å². The largest absolute Gasteiger partial charge is 0.340 e. The van der Waals surface area contributed by atoms with Gasteiger partial charge < -0.3 is 4.90 Å². The van der Waals surface area contributed by atoms with E-state index < -0.39 is 10.0 Å². The number of aryl methyl sites for hydroxylation is 1. The summed E-state index contributed by atoms with van der Waals surface area (Å²) in [5.41, 5.74) is 0.967. The van der Waals surface area contributed by atoms with Gasteiger partial charge in [0, 0.05) is 39.0 Å². The van der Waals surface area contributed by atoms with Crippen LogP contribution in [-0.2, 0) is 21.2 Å². The van der Waals surface area contributed by atoms with E-state index in [0.717, 1.165) is 15.2 Å². The molecule has 1 amide bonds. The Labute approximate surface area is 168 Å². The molecule has 8 heteroatoms. The van der Waals surface area contributed by atoms with Crippen LogP contribution in [0, 0.1) is 0 Å². The van der Waals surface area contributed by atoms with Crippen LogP contribution in [0.2, 0.25) is 0 Å². The number of para-hydroxylation sites is 1. The lowest BCUT2D eigenvalue weighted by Crippen LogP contribution is -2.50. The number of aromatic nitrogens is 1. The zero-order valence-corrected chi connectivity index (χ0v) is 17.0. The number of benzene rings is 2. The highest BCUT2D eigenvalue weighted by Gasteiger charge is 2.29. The van der Waals surface area contributed by atoms with Gasteiger partial charge >= 0.3 is 0 Å². The monoisotopic (exact) mass is 415 g/mol. The minimum absolute atomic E-state index is 0.0519. The first-order valence-corrected chi connectivity index (χ1v) is 11.5. The van der Waals surface area contributed by atoms with Crippen molar-refractivity contribution in [3.8, 4) is 0 Å². The Bertz CT molecular complexity index is 1040. The van der Waals surface area contributed by atoms with Crippen molar-refractivity contribution in [2.75, 3.05) is 26.2 Å². The number of fused-ring (bicyclic) bond motifs is 1. The van der Waals surface area contributed by atoms with Crippen molar-refractivity contribution in [2.24, 2.45) is 0 Å². The first kappa shape index (κ1) is 19.0. The Balaban J connectivity index is 1.32. The van der Waals surface area contributed by atoms with Crippen molar-refractivity contribution >= 4 is 37.5 Å². The number of hydrogen-bond acceptors (Lipinski definition) is 5. The maximum atomic E-state index is 12.7. The van der Waals surface area contributed by atoms with Crippen molar-refractivity contribution < 1.29 is 13.2 Å². The van der Waals surface area contributed by atoms with Gasteiger partial charge in [-0.3, -0.25) is 4.79 Å². The minimum atomic E-state index is -3.49. The number of nitrogens with zero attached hydrogens (tertiary/aromatic N) is 3. The molecule has 0 N–H and O–H groups in total. The molecule has 0 radical (unpaired) electrons. The van der Waals surface area contributed by atoms with Gasteiger partial charge in [0.2, 0.25) is 15.9 Å². The molecule has 3 aromatic rings. The van der Waals surface area contributed by atoms with Crippen molar-refractivity contribution in [1.29, 1.82) is 0 Å². The Morgan fingerprint density at radius 3 is 2.36 bits per heavy atom.